The Hall–Kier alpha value is -2.11. The fourth-order valence-corrected chi connectivity index (χ4v) is 1.62. The number of nitrogens with two attached hydrogens (primary N) is 1. The summed E-state index contributed by atoms with van der Waals surface area (Å²) in [5, 5.41) is 0. The molecule has 0 saturated heterocycles. The fraction of sp³-hybridized carbons (Fsp3) is 0.154. The van der Waals surface area contributed by atoms with E-state index in [-0.39, 0.29) is 17.1 Å². The number of halogens is 4. The van der Waals surface area contributed by atoms with Crippen molar-refractivity contribution in [2.75, 3.05) is 5.73 Å². The molecule has 0 unspecified atom stereocenters. The first-order valence-corrected chi connectivity index (χ1v) is 5.38. The molecular weight excluding hydrogens is 260 g/mol. The van der Waals surface area contributed by atoms with Gasteiger partial charge in [0.05, 0.1) is 11.3 Å². The summed E-state index contributed by atoms with van der Waals surface area (Å²) in [6, 6.07) is 5.70. The predicted octanol–water partition coefficient (Wildman–Crippen LogP) is 3.80. The number of pyridine rings is 1. The largest absolute Gasteiger partial charge is 0.416 e. The molecule has 0 aliphatic rings. The lowest BCUT2D eigenvalue weighted by Crippen LogP contribution is -2.07. The number of alkyl halides is 3. The number of nitrogens with zero attached hydrogens (tertiary/aromatic N) is 1. The second-order valence-electron chi connectivity index (χ2n) is 4.13. The monoisotopic (exact) mass is 270 g/mol. The van der Waals surface area contributed by atoms with Gasteiger partial charge in [-0.25, -0.2) is 9.37 Å². The molecule has 0 spiro atoms. The third kappa shape index (κ3) is 2.83. The normalized spacial score (nSPS) is 11.6. The van der Waals surface area contributed by atoms with Crippen molar-refractivity contribution < 1.29 is 17.6 Å². The predicted molar refractivity (Wildman–Crippen MR) is 63.8 cm³/mol. The quantitative estimate of drug-likeness (QED) is 0.800. The van der Waals surface area contributed by atoms with Gasteiger partial charge in [0.2, 0.25) is 0 Å². The Morgan fingerprint density at radius 3 is 2.37 bits per heavy atom. The van der Waals surface area contributed by atoms with Gasteiger partial charge in [0.1, 0.15) is 11.6 Å². The molecule has 2 rings (SSSR count). The molecule has 1 heterocycles. The zero-order valence-electron chi connectivity index (χ0n) is 9.92. The minimum absolute atomic E-state index is 0.00812. The Morgan fingerprint density at radius 1 is 1.11 bits per heavy atom. The Balaban J connectivity index is 2.56. The van der Waals surface area contributed by atoms with Crippen molar-refractivity contribution in [1.29, 1.82) is 0 Å². The maximum Gasteiger partial charge on any atom is 0.416 e. The van der Waals surface area contributed by atoms with Gasteiger partial charge >= 0.3 is 6.18 Å². The van der Waals surface area contributed by atoms with Gasteiger partial charge in [-0.3, -0.25) is 0 Å². The van der Waals surface area contributed by atoms with Crippen LogP contribution in [-0.4, -0.2) is 4.98 Å². The summed E-state index contributed by atoms with van der Waals surface area (Å²) in [4.78, 5) is 3.80. The lowest BCUT2D eigenvalue weighted by atomic mass is 10.1. The second kappa shape index (κ2) is 4.53. The van der Waals surface area contributed by atoms with E-state index in [9.17, 15) is 17.6 Å². The molecule has 0 fully saturated rings. The van der Waals surface area contributed by atoms with Gasteiger partial charge in [-0.15, -0.1) is 0 Å². The summed E-state index contributed by atoms with van der Waals surface area (Å²) < 4.78 is 51.4. The smallest absolute Gasteiger partial charge is 0.384 e. The van der Waals surface area contributed by atoms with E-state index < -0.39 is 17.6 Å². The molecule has 0 amide bonds. The lowest BCUT2D eigenvalue weighted by molar-refractivity contribution is -0.137. The molecule has 19 heavy (non-hydrogen) atoms. The highest BCUT2D eigenvalue weighted by Crippen LogP contribution is 2.32. The Kier molecular flexibility index (Phi) is 3.18. The van der Waals surface area contributed by atoms with Crippen LogP contribution in [0.1, 0.15) is 11.1 Å². The van der Waals surface area contributed by atoms with Crippen LogP contribution in [0.3, 0.4) is 0 Å². The molecule has 0 saturated carbocycles. The molecule has 100 valence electrons. The minimum Gasteiger partial charge on any atom is -0.384 e. The Bertz CT molecular complexity index is 621. The van der Waals surface area contributed by atoms with Crippen LogP contribution in [0.2, 0.25) is 0 Å². The van der Waals surface area contributed by atoms with Gasteiger partial charge in [-0.2, -0.15) is 13.2 Å². The Morgan fingerprint density at radius 2 is 1.79 bits per heavy atom. The average molecular weight is 270 g/mol. The third-order valence-electron chi connectivity index (χ3n) is 2.64. The lowest BCUT2D eigenvalue weighted by Gasteiger charge is -2.10. The highest BCUT2D eigenvalue weighted by atomic mass is 19.4. The number of rotatable bonds is 1. The highest BCUT2D eigenvalue weighted by molar-refractivity contribution is 5.62. The van der Waals surface area contributed by atoms with Gasteiger partial charge < -0.3 is 5.73 Å². The molecule has 0 aliphatic carbocycles. The minimum atomic E-state index is -4.52. The van der Waals surface area contributed by atoms with E-state index in [4.69, 9.17) is 5.73 Å². The van der Waals surface area contributed by atoms with Crippen molar-refractivity contribution in [2.45, 2.75) is 13.1 Å². The number of aromatic nitrogens is 1. The molecule has 1 aromatic heterocycles. The Labute approximate surface area is 106 Å². The van der Waals surface area contributed by atoms with Crippen LogP contribution in [0.15, 0.2) is 30.3 Å². The molecular formula is C13H10F4N2. The van der Waals surface area contributed by atoms with Gasteiger partial charge in [0, 0.05) is 5.56 Å². The number of anilines is 1. The van der Waals surface area contributed by atoms with E-state index in [0.29, 0.717) is 5.56 Å². The van der Waals surface area contributed by atoms with Crippen LogP contribution in [0.25, 0.3) is 11.3 Å². The van der Waals surface area contributed by atoms with E-state index in [1.807, 2.05) is 0 Å². The number of aryl methyl sites for hydroxylation is 1. The standard InChI is InChI=1S/C13H10F4N2/c1-7-2-3-8(4-10(7)14)11-5-9(13(15,16)17)6-12(18)19-11/h2-6H,1H3,(H2,18,19). The zero-order chi connectivity index (χ0) is 14.2. The maximum absolute atomic E-state index is 13.4. The second-order valence-corrected chi connectivity index (χ2v) is 4.13. The van der Waals surface area contributed by atoms with Crippen molar-refractivity contribution in [3.8, 4) is 11.3 Å². The first kappa shape index (κ1) is 13.3. The van der Waals surface area contributed by atoms with Gasteiger partial charge in [-0.1, -0.05) is 12.1 Å². The molecule has 6 heteroatoms. The van der Waals surface area contributed by atoms with Crippen molar-refractivity contribution in [1.82, 2.24) is 4.98 Å². The molecule has 0 bridgehead atoms. The first-order chi connectivity index (χ1) is 8.77. The SMILES string of the molecule is Cc1ccc(-c2cc(C(F)(F)F)cc(N)n2)cc1F. The number of nitrogen functional groups attached to an aromatic ring is 1. The van der Waals surface area contributed by atoms with E-state index in [1.54, 1.807) is 6.92 Å². The molecule has 0 aliphatic heterocycles. The van der Waals surface area contributed by atoms with Crippen molar-refractivity contribution >= 4 is 5.82 Å². The van der Waals surface area contributed by atoms with E-state index >= 15 is 0 Å². The van der Waals surface area contributed by atoms with E-state index in [2.05, 4.69) is 4.98 Å². The molecule has 2 N–H and O–H groups in total. The summed E-state index contributed by atoms with van der Waals surface area (Å²) in [5.74, 6) is -0.763. The number of benzene rings is 1. The summed E-state index contributed by atoms with van der Waals surface area (Å²) in [6.45, 7) is 1.56. The maximum atomic E-state index is 13.4. The van der Waals surface area contributed by atoms with Crippen molar-refractivity contribution in [3.05, 3.63) is 47.3 Å². The fourth-order valence-electron chi connectivity index (χ4n) is 1.62. The topological polar surface area (TPSA) is 38.9 Å². The molecule has 0 radical (unpaired) electrons. The first-order valence-electron chi connectivity index (χ1n) is 5.38. The van der Waals surface area contributed by atoms with Crippen LogP contribution in [0, 0.1) is 12.7 Å². The van der Waals surface area contributed by atoms with Gasteiger partial charge in [0.25, 0.3) is 0 Å². The van der Waals surface area contributed by atoms with Crippen LogP contribution in [-0.2, 0) is 6.18 Å². The van der Waals surface area contributed by atoms with Crippen molar-refractivity contribution in [3.63, 3.8) is 0 Å². The molecule has 2 nitrogen and oxygen atoms in total. The third-order valence-corrected chi connectivity index (χ3v) is 2.64. The van der Waals surface area contributed by atoms with Crippen molar-refractivity contribution in [2.24, 2.45) is 0 Å². The van der Waals surface area contributed by atoms with Crippen LogP contribution >= 0.6 is 0 Å². The molecule has 1 aromatic carbocycles. The van der Waals surface area contributed by atoms with E-state index in [1.165, 1.54) is 12.1 Å². The zero-order valence-corrected chi connectivity index (χ0v) is 9.92. The van der Waals surface area contributed by atoms with Crippen LogP contribution < -0.4 is 5.73 Å². The average Bonchev–Trinajstić information content (AvgIpc) is 2.31. The molecule has 0 atom stereocenters. The summed E-state index contributed by atoms with van der Waals surface area (Å²) in [6.07, 6.45) is -4.52. The number of hydrogen-bond donors (Lipinski definition) is 1. The van der Waals surface area contributed by atoms with E-state index in [0.717, 1.165) is 18.2 Å². The highest BCUT2D eigenvalue weighted by Gasteiger charge is 2.31. The number of hydrogen-bond acceptors (Lipinski definition) is 2. The van der Waals surface area contributed by atoms with Gasteiger partial charge in [-0.05, 0) is 30.7 Å². The van der Waals surface area contributed by atoms with Gasteiger partial charge in [0.15, 0.2) is 0 Å². The van der Waals surface area contributed by atoms with Crippen LogP contribution in [0.5, 0.6) is 0 Å². The molecule has 2 aromatic rings. The van der Waals surface area contributed by atoms with Crippen LogP contribution in [0.4, 0.5) is 23.4 Å². The summed E-state index contributed by atoms with van der Waals surface area (Å²) in [7, 11) is 0. The summed E-state index contributed by atoms with van der Waals surface area (Å²) >= 11 is 0. The summed E-state index contributed by atoms with van der Waals surface area (Å²) in [5.41, 5.74) is 5.10.